The number of fused-ring (bicyclic) bond motifs is 1. The van der Waals surface area contributed by atoms with Gasteiger partial charge in [0.05, 0.1) is 6.20 Å². The van der Waals surface area contributed by atoms with Gasteiger partial charge in [0.2, 0.25) is 5.95 Å². The van der Waals surface area contributed by atoms with Crippen molar-refractivity contribution in [1.82, 2.24) is 14.9 Å². The highest BCUT2D eigenvalue weighted by molar-refractivity contribution is 7.22. The number of rotatable bonds is 5. The quantitative estimate of drug-likeness (QED) is 0.294. The van der Waals surface area contributed by atoms with E-state index in [1.807, 2.05) is 30.3 Å². The minimum Gasteiger partial charge on any atom is -0.365 e. The molecule has 2 aromatic carbocycles. The number of thiophene rings is 1. The molecular weight excluding hydrogens is 476 g/mol. The lowest BCUT2D eigenvalue weighted by molar-refractivity contribution is -0.00778. The van der Waals surface area contributed by atoms with Crippen molar-refractivity contribution < 1.29 is 8.78 Å². The number of benzene rings is 2. The Morgan fingerprint density at radius 1 is 0.972 bits per heavy atom. The van der Waals surface area contributed by atoms with E-state index in [1.165, 1.54) is 12.3 Å². The second-order valence-electron chi connectivity index (χ2n) is 10.8. The summed E-state index contributed by atoms with van der Waals surface area (Å²) in [6.45, 7) is 8.81. The number of hydrogen-bond acceptors (Lipinski definition) is 6. The number of piperidine rings is 1. The highest BCUT2D eigenvalue weighted by Gasteiger charge is 2.43. The summed E-state index contributed by atoms with van der Waals surface area (Å²) in [5, 5.41) is 7.51. The number of nitrogens with zero attached hydrogens (tertiary/aromatic N) is 3. The minimum absolute atomic E-state index is 0.0406. The monoisotopic (exact) mass is 507 g/mol. The molecule has 8 heteroatoms. The van der Waals surface area contributed by atoms with Crippen molar-refractivity contribution in [3.8, 4) is 10.4 Å². The van der Waals surface area contributed by atoms with Crippen LogP contribution in [0.5, 0.6) is 0 Å². The normalized spacial score (nSPS) is 17.9. The van der Waals surface area contributed by atoms with E-state index >= 15 is 0 Å². The van der Waals surface area contributed by atoms with Crippen LogP contribution >= 0.6 is 11.3 Å². The van der Waals surface area contributed by atoms with Crippen molar-refractivity contribution in [2.75, 3.05) is 17.7 Å². The predicted molar refractivity (Wildman–Crippen MR) is 145 cm³/mol. The summed E-state index contributed by atoms with van der Waals surface area (Å²) in [4.78, 5) is 11.8. The van der Waals surface area contributed by atoms with E-state index < -0.39 is 5.82 Å². The molecule has 1 saturated heterocycles. The van der Waals surface area contributed by atoms with Crippen molar-refractivity contribution in [2.24, 2.45) is 0 Å². The maximum atomic E-state index is 14.7. The Kier molecular flexibility index (Phi) is 6.21. The first-order valence-corrected chi connectivity index (χ1v) is 12.9. The van der Waals surface area contributed by atoms with Crippen LogP contribution in [0.1, 0.15) is 40.5 Å². The molecule has 36 heavy (non-hydrogen) atoms. The zero-order valence-corrected chi connectivity index (χ0v) is 22.0. The van der Waals surface area contributed by atoms with E-state index in [2.05, 4.69) is 60.2 Å². The molecule has 5 nitrogen and oxygen atoms in total. The Labute approximate surface area is 214 Å². The first-order chi connectivity index (χ1) is 17.0. The second kappa shape index (κ2) is 9.09. The Morgan fingerprint density at radius 2 is 1.69 bits per heavy atom. The Bertz CT molecular complexity index is 1360. The number of nitrogens with one attached hydrogen (secondary N) is 2. The summed E-state index contributed by atoms with van der Waals surface area (Å²) >= 11 is 1.54. The molecule has 2 aromatic heterocycles. The van der Waals surface area contributed by atoms with E-state index in [1.54, 1.807) is 23.5 Å². The third-order valence-corrected chi connectivity index (χ3v) is 8.46. The van der Waals surface area contributed by atoms with Crippen LogP contribution in [-0.4, -0.2) is 39.0 Å². The molecule has 2 N–H and O–H groups in total. The summed E-state index contributed by atoms with van der Waals surface area (Å²) in [6, 6.07) is 14.8. The molecule has 0 radical (unpaired) electrons. The first kappa shape index (κ1) is 24.6. The SMILES string of the molecule is CN1C(C)(C)CC(Nc2nc(Nc3ccc(F)c(-c4cc5ccccc5s4)c3)ncc2F)CC1(C)C. The zero-order chi connectivity index (χ0) is 25.7. The molecule has 5 rings (SSSR count). The van der Waals surface area contributed by atoms with Gasteiger partial charge in [-0.3, -0.25) is 4.90 Å². The van der Waals surface area contributed by atoms with Crippen molar-refractivity contribution >= 4 is 38.9 Å². The van der Waals surface area contributed by atoms with Crippen LogP contribution in [0.15, 0.2) is 54.7 Å². The predicted octanol–water partition coefficient (Wildman–Crippen LogP) is 7.44. The standard InChI is InChI=1S/C28H31F2N5S/c1-27(2)14-19(15-28(3,4)35(27)5)32-25-22(30)16-31-26(34-25)33-18-10-11-21(29)20(13-18)24-12-17-8-6-7-9-23(17)36-24/h6-13,16,19H,14-15H2,1-5H3,(H2,31,32,33,34). The number of hydrogen-bond donors (Lipinski definition) is 2. The van der Waals surface area contributed by atoms with Crippen LogP contribution in [-0.2, 0) is 0 Å². The van der Waals surface area contributed by atoms with Crippen molar-refractivity contribution in [3.05, 3.63) is 66.4 Å². The van der Waals surface area contributed by atoms with Gasteiger partial charge in [-0.1, -0.05) is 18.2 Å². The molecule has 1 aliphatic heterocycles. The molecule has 0 aliphatic carbocycles. The van der Waals surface area contributed by atoms with Crippen LogP contribution in [0.25, 0.3) is 20.5 Å². The van der Waals surface area contributed by atoms with Gasteiger partial charge in [-0.05, 0) is 83.3 Å². The smallest absolute Gasteiger partial charge is 0.229 e. The lowest BCUT2D eigenvalue weighted by atomic mass is 9.77. The second-order valence-corrected chi connectivity index (χ2v) is 11.9. The fourth-order valence-corrected chi connectivity index (χ4v) is 6.31. The minimum atomic E-state index is -0.500. The molecule has 0 unspecified atom stereocenters. The number of aromatic nitrogens is 2. The molecule has 1 aliphatic rings. The fourth-order valence-electron chi connectivity index (χ4n) is 5.23. The number of anilines is 3. The van der Waals surface area contributed by atoms with Crippen LogP contribution in [0.4, 0.5) is 26.2 Å². The van der Waals surface area contributed by atoms with E-state index in [9.17, 15) is 8.78 Å². The molecule has 0 saturated carbocycles. The summed E-state index contributed by atoms with van der Waals surface area (Å²) < 4.78 is 30.5. The Morgan fingerprint density at radius 3 is 2.42 bits per heavy atom. The van der Waals surface area contributed by atoms with Gasteiger partial charge in [0.15, 0.2) is 11.6 Å². The third kappa shape index (κ3) is 4.80. The Hall–Kier alpha value is -3.10. The number of likely N-dealkylation sites (tertiary alicyclic amines) is 1. The fraction of sp³-hybridized carbons (Fsp3) is 0.357. The van der Waals surface area contributed by atoms with Gasteiger partial charge in [0.1, 0.15) is 5.82 Å². The average molecular weight is 508 g/mol. The first-order valence-electron chi connectivity index (χ1n) is 12.1. The molecule has 0 spiro atoms. The average Bonchev–Trinajstić information content (AvgIpc) is 3.24. The molecule has 1 fully saturated rings. The molecule has 0 amide bonds. The van der Waals surface area contributed by atoms with Gasteiger partial charge >= 0.3 is 0 Å². The van der Waals surface area contributed by atoms with Gasteiger partial charge in [-0.2, -0.15) is 4.98 Å². The van der Waals surface area contributed by atoms with Crippen molar-refractivity contribution in [2.45, 2.75) is 57.7 Å². The van der Waals surface area contributed by atoms with Crippen molar-refractivity contribution in [1.29, 1.82) is 0 Å². The van der Waals surface area contributed by atoms with Gasteiger partial charge in [0, 0.05) is 37.9 Å². The van der Waals surface area contributed by atoms with Crippen LogP contribution < -0.4 is 10.6 Å². The third-order valence-electron chi connectivity index (χ3n) is 7.31. The topological polar surface area (TPSA) is 53.1 Å². The highest BCUT2D eigenvalue weighted by Crippen LogP contribution is 2.39. The summed E-state index contributed by atoms with van der Waals surface area (Å²) in [5.41, 5.74) is 1.04. The largest absolute Gasteiger partial charge is 0.365 e. The van der Waals surface area contributed by atoms with Gasteiger partial charge in [0.25, 0.3) is 0 Å². The molecule has 3 heterocycles. The molecule has 4 aromatic rings. The summed E-state index contributed by atoms with van der Waals surface area (Å²) in [6.07, 6.45) is 2.88. The molecule has 0 atom stereocenters. The van der Waals surface area contributed by atoms with E-state index in [0.29, 0.717) is 11.3 Å². The molecule has 0 bridgehead atoms. The summed E-state index contributed by atoms with van der Waals surface area (Å²) in [7, 11) is 2.14. The van der Waals surface area contributed by atoms with Crippen LogP contribution in [0.2, 0.25) is 0 Å². The van der Waals surface area contributed by atoms with Gasteiger partial charge in [-0.15, -0.1) is 11.3 Å². The maximum absolute atomic E-state index is 14.7. The lowest BCUT2D eigenvalue weighted by Crippen LogP contribution is -2.61. The lowest BCUT2D eigenvalue weighted by Gasteiger charge is -2.53. The molecule has 188 valence electrons. The van der Waals surface area contributed by atoms with Gasteiger partial charge in [-0.25, -0.2) is 13.8 Å². The number of halogens is 2. The van der Waals surface area contributed by atoms with Gasteiger partial charge < -0.3 is 10.6 Å². The maximum Gasteiger partial charge on any atom is 0.229 e. The Balaban J connectivity index is 1.38. The zero-order valence-electron chi connectivity index (χ0n) is 21.2. The van der Waals surface area contributed by atoms with Crippen LogP contribution in [0, 0.1) is 11.6 Å². The van der Waals surface area contributed by atoms with Crippen molar-refractivity contribution in [3.63, 3.8) is 0 Å². The van der Waals surface area contributed by atoms with E-state index in [0.717, 1.165) is 27.8 Å². The van der Waals surface area contributed by atoms with E-state index in [4.69, 9.17) is 0 Å². The highest BCUT2D eigenvalue weighted by atomic mass is 32.1. The van der Waals surface area contributed by atoms with E-state index in [-0.39, 0.29) is 34.7 Å². The summed E-state index contributed by atoms with van der Waals surface area (Å²) in [5.74, 6) is -0.387. The molecular formula is C28H31F2N5S. The van der Waals surface area contributed by atoms with Crippen LogP contribution in [0.3, 0.4) is 0 Å².